The number of hydrogen-bond acceptors (Lipinski definition) is 5. The molecule has 230 valence electrons. The Morgan fingerprint density at radius 3 is 2.07 bits per heavy atom. The lowest BCUT2D eigenvalue weighted by molar-refractivity contribution is -0.134. The minimum Gasteiger partial charge on any atom is -0.508 e. The number of rotatable bonds is 6. The highest BCUT2D eigenvalue weighted by Gasteiger charge is 2.33. The second kappa shape index (κ2) is 14.7. The molecule has 44 heavy (non-hydrogen) atoms. The van der Waals surface area contributed by atoms with Gasteiger partial charge in [-0.2, -0.15) is 0 Å². The summed E-state index contributed by atoms with van der Waals surface area (Å²) in [6.07, 6.45) is 11.0. The number of nitrogens with zero attached hydrogens (tertiary/aromatic N) is 2. The van der Waals surface area contributed by atoms with E-state index in [1.807, 2.05) is 36.4 Å². The molecular formula is C37H41ClN2O3S. The molecule has 1 N–H and O–H groups in total. The first-order valence-electron chi connectivity index (χ1n) is 16.0. The number of phenolic OH excluding ortho intramolecular Hbond substituents is 1. The first-order valence-corrected chi connectivity index (χ1v) is 17.2. The van der Waals surface area contributed by atoms with Crippen molar-refractivity contribution in [1.29, 1.82) is 0 Å². The van der Waals surface area contributed by atoms with Gasteiger partial charge in [0.25, 0.3) is 0 Å². The van der Waals surface area contributed by atoms with Gasteiger partial charge in [0.05, 0.1) is 12.1 Å². The number of carbonyl (C=O) groups is 1. The third-order valence-corrected chi connectivity index (χ3v) is 10.2. The lowest BCUT2D eigenvalue weighted by Gasteiger charge is -2.35. The van der Waals surface area contributed by atoms with E-state index in [2.05, 4.69) is 45.6 Å². The molecule has 1 aliphatic carbocycles. The van der Waals surface area contributed by atoms with Crippen LogP contribution in [0, 0.1) is 0 Å². The predicted octanol–water partition coefficient (Wildman–Crippen LogP) is 9.36. The SMILES string of the molecule is O=C(C1CCCCN1Sc1ccc2cc(OC3CCCC3)ccc2c1)N1CCCC1.Oc1ccc(-c2ccc(Cl)cc2)cc1. The number of hydrogen-bond donors (Lipinski definition) is 1. The fraction of sp³-hybridized carbons (Fsp3) is 0.378. The van der Waals surface area contributed by atoms with Crippen molar-refractivity contribution in [3.63, 3.8) is 0 Å². The number of likely N-dealkylation sites (tertiary alicyclic amines) is 1. The van der Waals surface area contributed by atoms with E-state index in [1.54, 1.807) is 24.1 Å². The second-order valence-corrected chi connectivity index (χ2v) is 13.6. The molecule has 2 saturated heterocycles. The number of carbonyl (C=O) groups excluding carboxylic acids is 1. The molecule has 5 nitrogen and oxygen atoms in total. The van der Waals surface area contributed by atoms with Crippen LogP contribution in [0.15, 0.2) is 89.8 Å². The Labute approximate surface area is 270 Å². The Morgan fingerprint density at radius 1 is 0.727 bits per heavy atom. The van der Waals surface area contributed by atoms with Gasteiger partial charge in [0, 0.05) is 29.6 Å². The van der Waals surface area contributed by atoms with E-state index in [4.69, 9.17) is 21.4 Å². The Balaban J connectivity index is 0.000000205. The summed E-state index contributed by atoms with van der Waals surface area (Å²) in [4.78, 5) is 16.3. The number of fused-ring (bicyclic) bond motifs is 1. The molecule has 1 amide bonds. The van der Waals surface area contributed by atoms with Gasteiger partial charge >= 0.3 is 0 Å². The van der Waals surface area contributed by atoms with Crippen molar-refractivity contribution in [3.05, 3.63) is 90.0 Å². The van der Waals surface area contributed by atoms with Crippen LogP contribution in [-0.2, 0) is 4.79 Å². The molecular weight excluding hydrogens is 588 g/mol. The molecule has 0 aromatic heterocycles. The van der Waals surface area contributed by atoms with E-state index in [0.717, 1.165) is 67.2 Å². The van der Waals surface area contributed by atoms with Gasteiger partial charge in [0.2, 0.25) is 5.91 Å². The standard InChI is InChI=1S/C25H32N2O2S.C12H9ClO/c28-25(26-14-5-6-15-26)24-9-3-4-16-27(24)30-23-13-11-19-17-22(12-10-20(19)18-23)29-21-7-1-2-8-21;13-11-5-1-9(2-6-11)10-3-7-12(14)8-4-10/h10-13,17-18,21,24H,1-9,14-16H2;1-8,14H. The Morgan fingerprint density at radius 2 is 1.34 bits per heavy atom. The molecule has 1 atom stereocenters. The van der Waals surface area contributed by atoms with E-state index in [0.29, 0.717) is 12.0 Å². The van der Waals surface area contributed by atoms with Gasteiger partial charge in [-0.15, -0.1) is 0 Å². The molecule has 4 aromatic rings. The molecule has 2 aliphatic heterocycles. The Bertz CT molecular complexity index is 1490. The molecule has 2 heterocycles. The molecule has 3 fully saturated rings. The highest BCUT2D eigenvalue weighted by Crippen LogP contribution is 2.34. The van der Waals surface area contributed by atoms with Crippen molar-refractivity contribution in [2.45, 2.75) is 74.8 Å². The Hall–Kier alpha value is -3.19. The average Bonchev–Trinajstić information content (AvgIpc) is 3.78. The van der Waals surface area contributed by atoms with Gasteiger partial charge < -0.3 is 14.7 Å². The highest BCUT2D eigenvalue weighted by atomic mass is 35.5. The van der Waals surface area contributed by atoms with Crippen LogP contribution in [0.4, 0.5) is 0 Å². The van der Waals surface area contributed by atoms with E-state index in [9.17, 15) is 4.79 Å². The van der Waals surface area contributed by atoms with Crippen molar-refractivity contribution >= 4 is 40.2 Å². The third kappa shape index (κ3) is 7.90. The summed E-state index contributed by atoms with van der Waals surface area (Å²) in [5.74, 6) is 1.61. The summed E-state index contributed by atoms with van der Waals surface area (Å²) in [5.41, 5.74) is 2.16. The minimum atomic E-state index is 0.0275. The van der Waals surface area contributed by atoms with Gasteiger partial charge in [-0.1, -0.05) is 54.4 Å². The Kier molecular flexibility index (Phi) is 10.3. The molecule has 4 aromatic carbocycles. The summed E-state index contributed by atoms with van der Waals surface area (Å²) in [6.45, 7) is 2.87. The zero-order chi connectivity index (χ0) is 30.3. The largest absolute Gasteiger partial charge is 0.508 e. The van der Waals surface area contributed by atoms with Crippen LogP contribution >= 0.6 is 23.5 Å². The lowest BCUT2D eigenvalue weighted by atomic mass is 10.0. The van der Waals surface area contributed by atoms with Crippen LogP contribution < -0.4 is 4.74 Å². The lowest BCUT2D eigenvalue weighted by Crippen LogP contribution is -2.47. The molecule has 7 heteroatoms. The molecule has 7 rings (SSSR count). The van der Waals surface area contributed by atoms with Crippen LogP contribution in [-0.4, -0.2) is 52.0 Å². The number of benzene rings is 4. The zero-order valence-corrected chi connectivity index (χ0v) is 26.7. The van der Waals surface area contributed by atoms with Crippen molar-refractivity contribution in [2.24, 2.45) is 0 Å². The van der Waals surface area contributed by atoms with E-state index in [-0.39, 0.29) is 11.8 Å². The average molecular weight is 629 g/mol. The van der Waals surface area contributed by atoms with Crippen LogP contribution in [0.5, 0.6) is 11.5 Å². The van der Waals surface area contributed by atoms with E-state index in [1.165, 1.54) is 47.8 Å². The summed E-state index contributed by atoms with van der Waals surface area (Å²) in [7, 11) is 0. The monoisotopic (exact) mass is 628 g/mol. The number of aromatic hydroxyl groups is 1. The molecule has 0 bridgehead atoms. The summed E-state index contributed by atoms with van der Waals surface area (Å²) >= 11 is 7.54. The van der Waals surface area contributed by atoms with Crippen molar-refractivity contribution < 1.29 is 14.6 Å². The van der Waals surface area contributed by atoms with Crippen LogP contribution in [0.2, 0.25) is 5.02 Å². The topological polar surface area (TPSA) is 53.0 Å². The summed E-state index contributed by atoms with van der Waals surface area (Å²) in [5, 5.41) is 12.3. The number of amides is 1. The first kappa shape index (κ1) is 30.8. The fourth-order valence-electron chi connectivity index (χ4n) is 6.37. The molecule has 1 unspecified atom stereocenters. The molecule has 3 aliphatic rings. The van der Waals surface area contributed by atoms with Gasteiger partial charge in [-0.3, -0.25) is 4.79 Å². The van der Waals surface area contributed by atoms with Crippen molar-refractivity contribution in [3.8, 4) is 22.6 Å². The quantitative estimate of drug-likeness (QED) is 0.216. The molecule has 0 spiro atoms. The fourth-order valence-corrected chi connectivity index (χ4v) is 7.62. The third-order valence-electron chi connectivity index (χ3n) is 8.81. The van der Waals surface area contributed by atoms with Crippen molar-refractivity contribution in [2.75, 3.05) is 19.6 Å². The van der Waals surface area contributed by atoms with Crippen molar-refractivity contribution in [1.82, 2.24) is 9.21 Å². The maximum atomic E-state index is 13.0. The zero-order valence-electron chi connectivity index (χ0n) is 25.2. The first-order chi connectivity index (χ1) is 21.5. The van der Waals surface area contributed by atoms with E-state index >= 15 is 0 Å². The smallest absolute Gasteiger partial charge is 0.240 e. The van der Waals surface area contributed by atoms with Crippen LogP contribution in [0.25, 0.3) is 21.9 Å². The predicted molar refractivity (Wildman–Crippen MR) is 181 cm³/mol. The molecule has 1 saturated carbocycles. The normalized spacial score (nSPS) is 19.1. The number of phenols is 1. The minimum absolute atomic E-state index is 0.0275. The second-order valence-electron chi connectivity index (χ2n) is 12.0. The van der Waals surface area contributed by atoms with Gasteiger partial charge in [0.1, 0.15) is 11.5 Å². The van der Waals surface area contributed by atoms with E-state index < -0.39 is 0 Å². The summed E-state index contributed by atoms with van der Waals surface area (Å²) < 4.78 is 8.50. The van der Waals surface area contributed by atoms with Crippen LogP contribution in [0.1, 0.15) is 57.8 Å². The molecule has 0 radical (unpaired) electrons. The number of ether oxygens (including phenoxy) is 1. The van der Waals surface area contributed by atoms with Gasteiger partial charge in [-0.25, -0.2) is 4.31 Å². The highest BCUT2D eigenvalue weighted by molar-refractivity contribution is 7.97. The van der Waals surface area contributed by atoms with Crippen LogP contribution in [0.3, 0.4) is 0 Å². The maximum Gasteiger partial charge on any atom is 0.240 e. The summed E-state index contributed by atoms with van der Waals surface area (Å²) in [6, 6.07) is 27.8. The van der Waals surface area contributed by atoms with Gasteiger partial charge in [0.15, 0.2) is 0 Å². The number of piperidine rings is 1. The van der Waals surface area contributed by atoms with Gasteiger partial charge in [-0.05, 0) is 134 Å². The maximum absolute atomic E-state index is 13.0. The number of halogens is 1.